The number of aryl methyl sites for hydroxylation is 1. The van der Waals surface area contributed by atoms with Crippen molar-refractivity contribution in [3.8, 4) is 0 Å². The van der Waals surface area contributed by atoms with E-state index in [4.69, 9.17) is 4.42 Å². The SMILES string of the molecule is Cc1nnc([C@H](C)N(C)C[C@@H]2C[C@H](F)CN2c2ccnc(N(C)C)n2)o1. The number of alkyl halides is 1. The summed E-state index contributed by atoms with van der Waals surface area (Å²) in [5.41, 5.74) is 0. The molecule has 2 aromatic rings. The fraction of sp³-hybridized carbons (Fsp3) is 0.647. The highest BCUT2D eigenvalue weighted by Gasteiger charge is 2.35. The maximum Gasteiger partial charge on any atom is 0.233 e. The van der Waals surface area contributed by atoms with Crippen LogP contribution in [0.1, 0.15) is 31.2 Å². The van der Waals surface area contributed by atoms with Crippen molar-refractivity contribution in [2.45, 2.75) is 38.5 Å². The van der Waals surface area contributed by atoms with E-state index in [9.17, 15) is 4.39 Å². The highest BCUT2D eigenvalue weighted by molar-refractivity contribution is 5.45. The lowest BCUT2D eigenvalue weighted by molar-refractivity contribution is 0.207. The summed E-state index contributed by atoms with van der Waals surface area (Å²) in [7, 11) is 5.76. The minimum atomic E-state index is -0.868. The number of aromatic nitrogens is 4. The van der Waals surface area contributed by atoms with Gasteiger partial charge < -0.3 is 14.2 Å². The van der Waals surface area contributed by atoms with Crippen LogP contribution >= 0.6 is 0 Å². The molecular weight excluding hydrogens is 337 g/mol. The van der Waals surface area contributed by atoms with Gasteiger partial charge >= 0.3 is 0 Å². The van der Waals surface area contributed by atoms with Gasteiger partial charge in [0.05, 0.1) is 12.6 Å². The summed E-state index contributed by atoms with van der Waals surface area (Å²) in [5, 5.41) is 7.98. The first-order chi connectivity index (χ1) is 12.3. The van der Waals surface area contributed by atoms with Crippen molar-refractivity contribution in [1.82, 2.24) is 25.1 Å². The summed E-state index contributed by atoms with van der Waals surface area (Å²) in [4.78, 5) is 14.8. The quantitative estimate of drug-likeness (QED) is 0.770. The predicted octanol–water partition coefficient (Wildman–Crippen LogP) is 1.84. The number of nitrogens with zero attached hydrogens (tertiary/aromatic N) is 7. The minimum Gasteiger partial charge on any atom is -0.424 e. The number of hydrogen-bond acceptors (Lipinski definition) is 8. The van der Waals surface area contributed by atoms with E-state index in [2.05, 4.69) is 25.1 Å². The Morgan fingerprint density at radius 1 is 1.35 bits per heavy atom. The van der Waals surface area contributed by atoms with Crippen LogP contribution < -0.4 is 9.80 Å². The lowest BCUT2D eigenvalue weighted by atomic mass is 10.1. The molecule has 0 bridgehead atoms. The number of likely N-dealkylation sites (N-methyl/N-ethyl adjacent to an activating group) is 1. The maximum atomic E-state index is 14.2. The topological polar surface area (TPSA) is 74.4 Å². The number of rotatable bonds is 6. The fourth-order valence-electron chi connectivity index (χ4n) is 3.19. The predicted molar refractivity (Wildman–Crippen MR) is 97.1 cm³/mol. The van der Waals surface area contributed by atoms with Crippen molar-refractivity contribution in [2.75, 3.05) is 44.0 Å². The summed E-state index contributed by atoms with van der Waals surface area (Å²) >= 11 is 0. The van der Waals surface area contributed by atoms with Gasteiger partial charge in [-0.15, -0.1) is 10.2 Å². The molecule has 0 spiro atoms. The molecular formula is C17H26FN7O. The summed E-state index contributed by atoms with van der Waals surface area (Å²) in [6.45, 7) is 4.79. The van der Waals surface area contributed by atoms with E-state index >= 15 is 0 Å². The van der Waals surface area contributed by atoms with E-state index in [-0.39, 0.29) is 12.1 Å². The lowest BCUT2D eigenvalue weighted by Crippen LogP contribution is -2.40. The zero-order valence-electron chi connectivity index (χ0n) is 15.9. The van der Waals surface area contributed by atoms with Gasteiger partial charge in [0.1, 0.15) is 12.0 Å². The molecule has 1 fully saturated rings. The Bertz CT molecular complexity index is 737. The summed E-state index contributed by atoms with van der Waals surface area (Å²) < 4.78 is 19.7. The van der Waals surface area contributed by atoms with E-state index in [1.54, 1.807) is 13.1 Å². The monoisotopic (exact) mass is 363 g/mol. The first-order valence-electron chi connectivity index (χ1n) is 8.76. The van der Waals surface area contributed by atoms with Gasteiger partial charge in [0.2, 0.25) is 17.7 Å². The third-order valence-electron chi connectivity index (χ3n) is 4.74. The van der Waals surface area contributed by atoms with E-state index in [0.717, 1.165) is 5.82 Å². The van der Waals surface area contributed by atoms with Crippen LogP contribution in [0.3, 0.4) is 0 Å². The number of anilines is 2. The largest absolute Gasteiger partial charge is 0.424 e. The van der Waals surface area contributed by atoms with Gasteiger partial charge in [-0.3, -0.25) is 4.90 Å². The highest BCUT2D eigenvalue weighted by Crippen LogP contribution is 2.28. The van der Waals surface area contributed by atoms with Crippen molar-refractivity contribution in [3.63, 3.8) is 0 Å². The molecule has 0 radical (unpaired) electrons. The molecule has 0 amide bonds. The Morgan fingerprint density at radius 2 is 2.12 bits per heavy atom. The second-order valence-electron chi connectivity index (χ2n) is 7.02. The zero-order valence-corrected chi connectivity index (χ0v) is 15.9. The van der Waals surface area contributed by atoms with Crippen molar-refractivity contribution < 1.29 is 8.81 Å². The molecule has 1 saturated heterocycles. The molecule has 0 N–H and O–H groups in total. The smallest absolute Gasteiger partial charge is 0.233 e. The van der Waals surface area contributed by atoms with Gasteiger partial charge in [-0.1, -0.05) is 0 Å². The van der Waals surface area contributed by atoms with Gasteiger partial charge in [0.15, 0.2) is 0 Å². The first kappa shape index (κ1) is 18.5. The standard InChI is InChI=1S/C17H26FN7O/c1-11(16-22-21-12(2)26-16)24(5)10-14-8-13(18)9-25(14)15-6-7-19-17(20-15)23(3)4/h6-7,11,13-14H,8-10H2,1-5H3/t11-,13-,14-/m0/s1. The molecule has 1 aliphatic rings. The van der Waals surface area contributed by atoms with Crippen molar-refractivity contribution in [3.05, 3.63) is 24.0 Å². The van der Waals surface area contributed by atoms with Gasteiger partial charge in [-0.25, -0.2) is 9.37 Å². The molecule has 0 saturated carbocycles. The summed E-state index contributed by atoms with van der Waals surface area (Å²) in [6.07, 6.45) is 1.32. The van der Waals surface area contributed by atoms with Crippen molar-refractivity contribution in [1.29, 1.82) is 0 Å². The van der Waals surface area contributed by atoms with E-state index in [1.165, 1.54) is 0 Å². The van der Waals surface area contributed by atoms with E-state index in [0.29, 0.717) is 37.2 Å². The molecule has 1 aliphatic heterocycles. The second-order valence-corrected chi connectivity index (χ2v) is 7.02. The van der Waals surface area contributed by atoms with Crippen LogP contribution in [0.2, 0.25) is 0 Å². The van der Waals surface area contributed by atoms with Crippen LogP contribution in [-0.4, -0.2) is 71.5 Å². The van der Waals surface area contributed by atoms with Gasteiger partial charge in [-0.05, 0) is 20.0 Å². The van der Waals surface area contributed by atoms with Crippen LogP contribution in [0.15, 0.2) is 16.7 Å². The number of halogens is 1. The van der Waals surface area contributed by atoms with Gasteiger partial charge in [0.25, 0.3) is 0 Å². The molecule has 0 aliphatic carbocycles. The van der Waals surface area contributed by atoms with Crippen LogP contribution in [-0.2, 0) is 0 Å². The Labute approximate surface area is 153 Å². The van der Waals surface area contributed by atoms with Crippen molar-refractivity contribution in [2.24, 2.45) is 0 Å². The summed E-state index contributed by atoms with van der Waals surface area (Å²) in [5.74, 6) is 2.49. The molecule has 26 heavy (non-hydrogen) atoms. The third kappa shape index (κ3) is 3.92. The zero-order chi connectivity index (χ0) is 18.8. The Kier molecular flexibility index (Phi) is 5.36. The Hall–Kier alpha value is -2.29. The van der Waals surface area contributed by atoms with E-state index < -0.39 is 6.17 Å². The lowest BCUT2D eigenvalue weighted by Gasteiger charge is -2.31. The van der Waals surface area contributed by atoms with Crippen LogP contribution in [0.25, 0.3) is 0 Å². The van der Waals surface area contributed by atoms with Crippen LogP contribution in [0.4, 0.5) is 16.2 Å². The minimum absolute atomic E-state index is 0.0198. The number of hydrogen-bond donors (Lipinski definition) is 0. The molecule has 3 heterocycles. The third-order valence-corrected chi connectivity index (χ3v) is 4.74. The Balaban J connectivity index is 1.74. The average Bonchev–Trinajstić information content (AvgIpc) is 3.20. The van der Waals surface area contributed by atoms with Crippen LogP contribution in [0, 0.1) is 6.92 Å². The fourth-order valence-corrected chi connectivity index (χ4v) is 3.19. The second kappa shape index (κ2) is 7.53. The highest BCUT2D eigenvalue weighted by atomic mass is 19.1. The molecule has 9 heteroatoms. The van der Waals surface area contributed by atoms with Gasteiger partial charge in [0, 0.05) is 46.2 Å². The normalized spacial score (nSPS) is 21.4. The molecule has 3 rings (SSSR count). The summed E-state index contributed by atoms with van der Waals surface area (Å²) in [6, 6.07) is 1.81. The molecule has 2 aromatic heterocycles. The Morgan fingerprint density at radius 3 is 2.77 bits per heavy atom. The molecule has 3 atom stereocenters. The first-order valence-corrected chi connectivity index (χ1v) is 8.76. The average molecular weight is 363 g/mol. The molecule has 0 unspecified atom stereocenters. The molecule has 0 aromatic carbocycles. The maximum absolute atomic E-state index is 14.2. The van der Waals surface area contributed by atoms with Crippen LogP contribution in [0.5, 0.6) is 0 Å². The molecule has 142 valence electrons. The van der Waals surface area contributed by atoms with E-state index in [1.807, 2.05) is 43.9 Å². The van der Waals surface area contributed by atoms with Crippen molar-refractivity contribution >= 4 is 11.8 Å². The molecule has 8 nitrogen and oxygen atoms in total. The van der Waals surface area contributed by atoms with Gasteiger partial charge in [-0.2, -0.15) is 4.98 Å².